The Morgan fingerprint density at radius 3 is 2.83 bits per heavy atom. The number of fused-ring (bicyclic) bond motifs is 4. The molecule has 0 spiro atoms. The number of piperidine rings is 1. The molecule has 0 N–H and O–H groups in total. The number of carbonyl (C=O) groups excluding carboxylic acids is 1. The Kier molecular flexibility index (Phi) is 5.58. The first-order valence-electron chi connectivity index (χ1n) is 10.6. The lowest BCUT2D eigenvalue weighted by Gasteiger charge is -2.43. The Morgan fingerprint density at radius 2 is 2.07 bits per heavy atom. The summed E-state index contributed by atoms with van der Waals surface area (Å²) in [7, 11) is 3.96. The van der Waals surface area contributed by atoms with Gasteiger partial charge in [-0.05, 0) is 32.5 Å². The van der Waals surface area contributed by atoms with Crippen LogP contribution in [0.1, 0.15) is 42.8 Å². The number of amides is 1. The Morgan fingerprint density at radius 1 is 1.24 bits per heavy atom. The topological polar surface area (TPSA) is 63.4 Å². The fraction of sp³-hybridized carbons (Fsp3) is 0.591. The van der Waals surface area contributed by atoms with Gasteiger partial charge in [-0.2, -0.15) is 0 Å². The Bertz CT molecular complexity index is 945. The van der Waals surface area contributed by atoms with Gasteiger partial charge in [0.05, 0.1) is 0 Å². The number of aryl methyl sites for hydroxylation is 2. The van der Waals surface area contributed by atoms with Crippen LogP contribution in [-0.4, -0.2) is 57.0 Å². The van der Waals surface area contributed by atoms with E-state index in [0.717, 1.165) is 43.0 Å². The van der Waals surface area contributed by atoms with Crippen molar-refractivity contribution in [1.82, 2.24) is 23.9 Å². The highest BCUT2D eigenvalue weighted by atomic mass is 16.2. The molecule has 7 nitrogen and oxygen atoms in total. The van der Waals surface area contributed by atoms with Crippen LogP contribution >= 0.6 is 0 Å². The molecule has 0 radical (unpaired) electrons. The lowest BCUT2D eigenvalue weighted by molar-refractivity contribution is -0.134. The lowest BCUT2D eigenvalue weighted by Crippen LogP contribution is -2.49. The highest BCUT2D eigenvalue weighted by Gasteiger charge is 2.36. The van der Waals surface area contributed by atoms with E-state index in [4.69, 9.17) is 0 Å². The van der Waals surface area contributed by atoms with Crippen molar-refractivity contribution >= 4 is 5.91 Å². The van der Waals surface area contributed by atoms with E-state index < -0.39 is 0 Å². The molecule has 0 aromatic carbocycles. The minimum absolute atomic E-state index is 0.137. The van der Waals surface area contributed by atoms with E-state index in [1.807, 2.05) is 40.7 Å². The van der Waals surface area contributed by atoms with Crippen LogP contribution in [-0.2, 0) is 30.8 Å². The molecule has 29 heavy (non-hydrogen) atoms. The van der Waals surface area contributed by atoms with Gasteiger partial charge in [0.1, 0.15) is 5.82 Å². The van der Waals surface area contributed by atoms with Gasteiger partial charge in [0.15, 0.2) is 0 Å². The highest BCUT2D eigenvalue weighted by molar-refractivity contribution is 5.76. The van der Waals surface area contributed by atoms with Crippen LogP contribution in [0.4, 0.5) is 0 Å². The van der Waals surface area contributed by atoms with E-state index >= 15 is 0 Å². The van der Waals surface area contributed by atoms with Crippen molar-refractivity contribution in [3.05, 3.63) is 52.0 Å². The number of pyridine rings is 1. The first-order valence-corrected chi connectivity index (χ1v) is 10.6. The van der Waals surface area contributed by atoms with Crippen LogP contribution in [0, 0.1) is 5.92 Å². The summed E-state index contributed by atoms with van der Waals surface area (Å²) in [6, 6.07) is 4.08. The minimum atomic E-state index is 0.137. The summed E-state index contributed by atoms with van der Waals surface area (Å²) >= 11 is 0. The first-order chi connectivity index (χ1) is 14.0. The summed E-state index contributed by atoms with van der Waals surface area (Å²) in [5.41, 5.74) is 2.07. The molecule has 2 aromatic rings. The molecule has 0 saturated carbocycles. The van der Waals surface area contributed by atoms with Gasteiger partial charge in [0, 0.05) is 75.1 Å². The quantitative estimate of drug-likeness (QED) is 0.744. The number of aromatic nitrogens is 3. The van der Waals surface area contributed by atoms with Crippen LogP contribution < -0.4 is 5.56 Å². The van der Waals surface area contributed by atoms with Crippen LogP contribution in [0.2, 0.25) is 0 Å². The number of rotatable bonds is 6. The summed E-state index contributed by atoms with van der Waals surface area (Å²) < 4.78 is 4.04. The van der Waals surface area contributed by atoms with Crippen LogP contribution in [0.15, 0.2) is 29.3 Å². The van der Waals surface area contributed by atoms with E-state index in [1.165, 1.54) is 0 Å². The van der Waals surface area contributed by atoms with Gasteiger partial charge in [-0.25, -0.2) is 4.98 Å². The Balaban J connectivity index is 1.46. The van der Waals surface area contributed by atoms with E-state index in [2.05, 4.69) is 22.5 Å². The van der Waals surface area contributed by atoms with Crippen molar-refractivity contribution < 1.29 is 4.79 Å². The summed E-state index contributed by atoms with van der Waals surface area (Å²) in [5, 5.41) is 0. The van der Waals surface area contributed by atoms with Crippen LogP contribution in [0.3, 0.4) is 0 Å². The monoisotopic (exact) mass is 397 g/mol. The third kappa shape index (κ3) is 4.01. The normalized spacial score (nSPS) is 20.8. The third-order valence-electron chi connectivity index (χ3n) is 6.21. The number of carbonyl (C=O) groups is 1. The Labute approximate surface area is 171 Å². The molecule has 1 saturated heterocycles. The van der Waals surface area contributed by atoms with Crippen molar-refractivity contribution in [2.75, 3.05) is 27.2 Å². The predicted octanol–water partition coefficient (Wildman–Crippen LogP) is 1.70. The van der Waals surface area contributed by atoms with Gasteiger partial charge in [0.2, 0.25) is 5.91 Å². The van der Waals surface area contributed by atoms with Crippen molar-refractivity contribution in [2.24, 2.45) is 5.92 Å². The molecule has 7 heteroatoms. The molecule has 2 bridgehead atoms. The molecule has 2 aromatic heterocycles. The van der Waals surface area contributed by atoms with Crippen molar-refractivity contribution in [2.45, 2.75) is 51.7 Å². The second kappa shape index (κ2) is 8.14. The minimum Gasteiger partial charge on any atom is -0.342 e. The fourth-order valence-electron chi connectivity index (χ4n) is 4.89. The van der Waals surface area contributed by atoms with Crippen molar-refractivity contribution in [1.29, 1.82) is 0 Å². The molecule has 1 fully saturated rings. The molecular formula is C22H31N5O2. The maximum Gasteiger partial charge on any atom is 0.255 e. The average molecular weight is 398 g/mol. The van der Waals surface area contributed by atoms with Gasteiger partial charge in [0.25, 0.3) is 5.56 Å². The zero-order valence-electron chi connectivity index (χ0n) is 17.7. The molecule has 2 atom stereocenters. The van der Waals surface area contributed by atoms with Gasteiger partial charge in [-0.3, -0.25) is 9.59 Å². The zero-order valence-corrected chi connectivity index (χ0v) is 17.7. The summed E-state index contributed by atoms with van der Waals surface area (Å²) in [6.07, 6.45) is 6.18. The van der Waals surface area contributed by atoms with E-state index in [0.29, 0.717) is 32.0 Å². The van der Waals surface area contributed by atoms with Gasteiger partial charge < -0.3 is 18.9 Å². The SMILES string of the molecule is CCc1nccn1CCC(=O)N1C[C@@H]2C[C@H](C1)c1ccc(CN(C)C)c(=O)n1C2. The molecule has 0 unspecified atom stereocenters. The van der Waals surface area contributed by atoms with E-state index in [-0.39, 0.29) is 17.4 Å². The summed E-state index contributed by atoms with van der Waals surface area (Å²) in [4.78, 5) is 34.2. The molecule has 2 aliphatic heterocycles. The van der Waals surface area contributed by atoms with Gasteiger partial charge in [-0.1, -0.05) is 13.0 Å². The number of likely N-dealkylation sites (tertiary alicyclic amines) is 1. The summed E-state index contributed by atoms with van der Waals surface area (Å²) in [6.45, 7) is 5.61. The van der Waals surface area contributed by atoms with E-state index in [9.17, 15) is 9.59 Å². The maximum absolute atomic E-state index is 12.9. The molecule has 4 rings (SSSR count). The molecule has 0 aliphatic carbocycles. The highest BCUT2D eigenvalue weighted by Crippen LogP contribution is 2.35. The maximum atomic E-state index is 12.9. The summed E-state index contributed by atoms with van der Waals surface area (Å²) in [5.74, 6) is 1.84. The van der Waals surface area contributed by atoms with Crippen molar-refractivity contribution in [3.8, 4) is 0 Å². The predicted molar refractivity (Wildman–Crippen MR) is 112 cm³/mol. The smallest absolute Gasteiger partial charge is 0.255 e. The molecule has 1 amide bonds. The van der Waals surface area contributed by atoms with Gasteiger partial charge >= 0.3 is 0 Å². The standard InChI is InChI=1S/C22H31N5O2/c1-4-20-23-8-10-25(20)9-7-21(28)26-12-16-11-18(15-26)19-6-5-17(14-24(2)3)22(29)27(19)13-16/h5-6,8,10,16,18H,4,7,9,11-15H2,1-3H3/t16-,18+/m0/s1. The van der Waals surface area contributed by atoms with E-state index in [1.54, 1.807) is 6.20 Å². The molecule has 4 heterocycles. The second-order valence-electron chi connectivity index (χ2n) is 8.67. The third-order valence-corrected chi connectivity index (χ3v) is 6.21. The largest absolute Gasteiger partial charge is 0.342 e. The number of hydrogen-bond acceptors (Lipinski definition) is 4. The van der Waals surface area contributed by atoms with Crippen molar-refractivity contribution in [3.63, 3.8) is 0 Å². The van der Waals surface area contributed by atoms with Crippen LogP contribution in [0.5, 0.6) is 0 Å². The zero-order chi connectivity index (χ0) is 20.5. The Hall–Kier alpha value is -2.41. The first kappa shape index (κ1) is 19.9. The fourth-order valence-corrected chi connectivity index (χ4v) is 4.89. The molecule has 156 valence electrons. The number of nitrogens with zero attached hydrogens (tertiary/aromatic N) is 5. The lowest BCUT2D eigenvalue weighted by atomic mass is 9.83. The second-order valence-corrected chi connectivity index (χ2v) is 8.67. The van der Waals surface area contributed by atoms with Crippen LogP contribution in [0.25, 0.3) is 0 Å². The molecular weight excluding hydrogens is 366 g/mol. The average Bonchev–Trinajstić information content (AvgIpc) is 3.16. The van der Waals surface area contributed by atoms with Gasteiger partial charge in [-0.15, -0.1) is 0 Å². The number of imidazole rings is 1. The number of hydrogen-bond donors (Lipinski definition) is 0. The molecule has 2 aliphatic rings.